The molecule has 0 spiro atoms. The van der Waals surface area contributed by atoms with Crippen molar-refractivity contribution >= 4 is 40.9 Å². The lowest BCUT2D eigenvalue weighted by Gasteiger charge is -2.22. The second-order valence-corrected chi connectivity index (χ2v) is 11.7. The van der Waals surface area contributed by atoms with Gasteiger partial charge >= 0.3 is 0 Å². The van der Waals surface area contributed by atoms with E-state index >= 15 is 0 Å². The van der Waals surface area contributed by atoms with Crippen LogP contribution >= 0.6 is 23.4 Å². The van der Waals surface area contributed by atoms with Crippen LogP contribution in [0.15, 0.2) is 106 Å². The number of amides is 2. The van der Waals surface area contributed by atoms with E-state index in [1.807, 2.05) is 67.6 Å². The molecule has 2 amide bonds. The fraction of sp³-hybridized carbons (Fsp3) is 0.182. The van der Waals surface area contributed by atoms with Crippen molar-refractivity contribution < 1.29 is 18.7 Å². The topological polar surface area (TPSA) is 115 Å². The summed E-state index contributed by atoms with van der Waals surface area (Å²) in [6.07, 6.45) is 2.01. The molecule has 0 aliphatic carbocycles. The quantitative estimate of drug-likeness (QED) is 0.180. The van der Waals surface area contributed by atoms with Gasteiger partial charge in [-0.1, -0.05) is 59.3 Å². The largest absolute Gasteiger partial charge is 0.497 e. The summed E-state index contributed by atoms with van der Waals surface area (Å²) in [5.41, 5.74) is 4.58. The minimum Gasteiger partial charge on any atom is -0.497 e. The van der Waals surface area contributed by atoms with Crippen LogP contribution in [0.25, 0.3) is 5.69 Å². The number of hydrogen-bond donors (Lipinski definition) is 1. The van der Waals surface area contributed by atoms with Crippen molar-refractivity contribution in [1.29, 1.82) is 0 Å². The molecule has 0 saturated heterocycles. The van der Waals surface area contributed by atoms with Crippen molar-refractivity contribution in [3.63, 3.8) is 0 Å². The van der Waals surface area contributed by atoms with Crippen molar-refractivity contribution in [2.24, 2.45) is 5.10 Å². The lowest BCUT2D eigenvalue weighted by atomic mass is 9.97. The highest BCUT2D eigenvalue weighted by molar-refractivity contribution is 7.99. The summed E-state index contributed by atoms with van der Waals surface area (Å²) in [4.78, 5) is 26.4. The number of carbonyl (C=O) groups excluding carboxylic acids is 2. The molecular weight excluding hydrogens is 612 g/mol. The molecule has 1 aliphatic rings. The minimum atomic E-state index is -0.383. The van der Waals surface area contributed by atoms with E-state index in [-0.39, 0.29) is 35.9 Å². The minimum absolute atomic E-state index is 0.0548. The Balaban J connectivity index is 1.25. The van der Waals surface area contributed by atoms with Crippen LogP contribution in [0.2, 0.25) is 5.02 Å². The van der Waals surface area contributed by atoms with Gasteiger partial charge in [-0.2, -0.15) is 5.10 Å². The van der Waals surface area contributed by atoms with Gasteiger partial charge in [-0.3, -0.25) is 14.2 Å². The standard InChI is InChI=1S/C33H29ClN6O4S/c1-21-8-10-23(11-9-21)28-18-27(22-12-14-26(43-2)15-13-22)38-40(28)31(41)20-45-33-37-36-30(19-35-32(42)29-7-4-16-44-29)39(33)25-6-3-5-24(34)17-25/h3-17,28H,18-20H2,1-2H3,(H,35,42)/t28-/m0/s1. The lowest BCUT2D eigenvalue weighted by molar-refractivity contribution is -0.130. The number of rotatable bonds is 10. The van der Waals surface area contributed by atoms with Crippen molar-refractivity contribution in [2.75, 3.05) is 12.9 Å². The predicted molar refractivity (Wildman–Crippen MR) is 172 cm³/mol. The zero-order valence-electron chi connectivity index (χ0n) is 24.5. The van der Waals surface area contributed by atoms with Crippen LogP contribution in [0, 0.1) is 6.92 Å². The zero-order chi connectivity index (χ0) is 31.3. The second-order valence-electron chi connectivity index (χ2n) is 10.3. The van der Waals surface area contributed by atoms with Gasteiger partial charge < -0.3 is 14.5 Å². The summed E-state index contributed by atoms with van der Waals surface area (Å²) in [5, 5.41) is 18.9. The van der Waals surface area contributed by atoms with Gasteiger partial charge in [0.1, 0.15) is 5.75 Å². The average molecular weight is 641 g/mol. The Morgan fingerprint density at radius 1 is 1.04 bits per heavy atom. The summed E-state index contributed by atoms with van der Waals surface area (Å²) >= 11 is 7.55. The first-order chi connectivity index (χ1) is 21.9. The third-order valence-corrected chi connectivity index (χ3v) is 8.44. The molecule has 0 fully saturated rings. The van der Waals surface area contributed by atoms with Gasteiger partial charge in [-0.25, -0.2) is 5.01 Å². The SMILES string of the molecule is COc1ccc(C2=NN(C(=O)CSc3nnc(CNC(=O)c4ccco4)n3-c3cccc(Cl)c3)[C@H](c3ccc(C)cc3)C2)cc1. The van der Waals surface area contributed by atoms with Crippen molar-refractivity contribution in [3.8, 4) is 11.4 Å². The Morgan fingerprint density at radius 3 is 2.56 bits per heavy atom. The van der Waals surface area contributed by atoms with E-state index in [1.165, 1.54) is 18.0 Å². The van der Waals surface area contributed by atoms with Crippen LogP contribution in [0.3, 0.4) is 0 Å². The Bertz CT molecular complexity index is 1840. The molecule has 6 rings (SSSR count). The molecule has 1 N–H and O–H groups in total. The van der Waals surface area contributed by atoms with E-state index in [4.69, 9.17) is 25.9 Å². The highest BCUT2D eigenvalue weighted by atomic mass is 35.5. The second kappa shape index (κ2) is 13.4. The van der Waals surface area contributed by atoms with Crippen LogP contribution in [-0.4, -0.2) is 50.2 Å². The fourth-order valence-corrected chi connectivity index (χ4v) is 5.98. The molecule has 5 aromatic rings. The Labute approximate surface area is 269 Å². The number of hydrazone groups is 1. The summed E-state index contributed by atoms with van der Waals surface area (Å²) in [6.45, 7) is 2.11. The number of benzene rings is 3. The maximum atomic E-state index is 13.8. The van der Waals surface area contributed by atoms with Gasteiger partial charge in [0.2, 0.25) is 0 Å². The first-order valence-corrected chi connectivity index (χ1v) is 15.5. The van der Waals surface area contributed by atoms with E-state index in [9.17, 15) is 9.59 Å². The van der Waals surface area contributed by atoms with E-state index < -0.39 is 0 Å². The number of nitrogens with one attached hydrogen (secondary N) is 1. The maximum Gasteiger partial charge on any atom is 0.287 e. The van der Waals surface area contributed by atoms with Crippen LogP contribution in [0.4, 0.5) is 0 Å². The highest BCUT2D eigenvalue weighted by Gasteiger charge is 2.33. The molecule has 0 saturated carbocycles. The molecule has 0 radical (unpaired) electrons. The van der Waals surface area contributed by atoms with Gasteiger partial charge in [-0.15, -0.1) is 10.2 Å². The summed E-state index contributed by atoms with van der Waals surface area (Å²) in [6, 6.07) is 26.0. The van der Waals surface area contributed by atoms with E-state index in [0.717, 1.165) is 28.2 Å². The fourth-order valence-electron chi connectivity index (χ4n) is 4.98. The summed E-state index contributed by atoms with van der Waals surface area (Å²) in [7, 11) is 1.63. The molecule has 3 aromatic carbocycles. The van der Waals surface area contributed by atoms with Crippen molar-refractivity contribution in [3.05, 3.63) is 124 Å². The Morgan fingerprint density at radius 2 is 1.84 bits per heavy atom. The first-order valence-electron chi connectivity index (χ1n) is 14.1. The highest BCUT2D eigenvalue weighted by Crippen LogP contribution is 2.34. The number of carbonyl (C=O) groups is 2. The lowest BCUT2D eigenvalue weighted by Crippen LogP contribution is -2.28. The smallest absolute Gasteiger partial charge is 0.287 e. The number of thioether (sulfide) groups is 1. The Hall–Kier alpha value is -4.87. The molecule has 1 atom stereocenters. The van der Waals surface area contributed by atoms with E-state index in [1.54, 1.807) is 41.0 Å². The van der Waals surface area contributed by atoms with Gasteiger partial charge in [0.25, 0.3) is 11.8 Å². The monoisotopic (exact) mass is 640 g/mol. The molecule has 1 aliphatic heterocycles. The third-order valence-electron chi connectivity index (χ3n) is 7.29. The van der Waals surface area contributed by atoms with Crippen LogP contribution in [-0.2, 0) is 11.3 Å². The number of aromatic nitrogens is 3. The number of nitrogens with zero attached hydrogens (tertiary/aromatic N) is 5. The third kappa shape index (κ3) is 6.79. The number of ether oxygens (including phenoxy) is 1. The molecule has 12 heteroatoms. The molecule has 3 heterocycles. The van der Waals surface area contributed by atoms with Crippen molar-refractivity contribution in [1.82, 2.24) is 25.1 Å². The number of hydrogen-bond acceptors (Lipinski definition) is 8. The van der Waals surface area contributed by atoms with Gasteiger partial charge in [0, 0.05) is 11.4 Å². The summed E-state index contributed by atoms with van der Waals surface area (Å²) < 4.78 is 12.3. The van der Waals surface area contributed by atoms with E-state index in [2.05, 4.69) is 15.5 Å². The Kier molecular flexibility index (Phi) is 8.99. The van der Waals surface area contributed by atoms with Crippen LogP contribution < -0.4 is 10.1 Å². The molecule has 228 valence electrons. The average Bonchev–Trinajstić information content (AvgIpc) is 3.83. The van der Waals surface area contributed by atoms with Crippen LogP contribution in [0.5, 0.6) is 5.75 Å². The number of furan rings is 1. The number of aryl methyl sites for hydroxylation is 1. The zero-order valence-corrected chi connectivity index (χ0v) is 26.1. The molecule has 45 heavy (non-hydrogen) atoms. The van der Waals surface area contributed by atoms with E-state index in [0.29, 0.717) is 28.1 Å². The van der Waals surface area contributed by atoms with Gasteiger partial charge in [0.15, 0.2) is 16.7 Å². The molecular formula is C33H29ClN6O4S. The van der Waals surface area contributed by atoms with Gasteiger partial charge in [0.05, 0.1) is 43.1 Å². The van der Waals surface area contributed by atoms with Gasteiger partial charge in [-0.05, 0) is 72.6 Å². The molecule has 0 unspecified atom stereocenters. The molecule has 10 nitrogen and oxygen atoms in total. The van der Waals surface area contributed by atoms with Crippen LogP contribution in [0.1, 0.15) is 45.5 Å². The molecule has 2 aromatic heterocycles. The first kappa shape index (κ1) is 30.2. The summed E-state index contributed by atoms with van der Waals surface area (Å²) in [5.74, 6) is 0.895. The molecule has 0 bridgehead atoms. The normalized spacial score (nSPS) is 14.3. The van der Waals surface area contributed by atoms with Crippen molar-refractivity contribution in [2.45, 2.75) is 31.1 Å². The maximum absolute atomic E-state index is 13.8. The predicted octanol–water partition coefficient (Wildman–Crippen LogP) is 6.23. The number of methoxy groups -OCH3 is 1. The number of halogens is 1.